The Balaban J connectivity index is 2.95. The minimum Gasteiger partial charge on any atom is -0.310 e. The zero-order chi connectivity index (χ0) is 12.1. The number of nitrogens with zero attached hydrogens (tertiary/aromatic N) is 2. The van der Waals surface area contributed by atoms with Crippen LogP contribution in [0.2, 0.25) is 0 Å². The molecule has 5 nitrogen and oxygen atoms in total. The molecule has 0 aliphatic heterocycles. The van der Waals surface area contributed by atoms with Crippen molar-refractivity contribution in [1.82, 2.24) is 0 Å². The molecule has 1 amide bonds. The van der Waals surface area contributed by atoms with Crippen LogP contribution in [0.25, 0.3) is 0 Å². The largest absolute Gasteiger partial charge is 0.310 e. The molecule has 6 heteroatoms. The normalized spacial score (nSPS) is 9.88. The summed E-state index contributed by atoms with van der Waals surface area (Å²) in [5, 5.41) is 10.4. The van der Waals surface area contributed by atoms with Gasteiger partial charge in [-0.05, 0) is 19.1 Å². The number of nitro benzene ring substituents is 1. The number of halogens is 1. The SMILES string of the molecule is CCN(C(=O)CF)c1ccc([N+](=O)[O-])cc1. The van der Waals surface area contributed by atoms with Crippen LogP contribution in [0.5, 0.6) is 0 Å². The molecule has 0 aliphatic carbocycles. The number of carbonyl (C=O) groups is 1. The summed E-state index contributed by atoms with van der Waals surface area (Å²) in [6.45, 7) is 0.945. The highest BCUT2D eigenvalue weighted by atomic mass is 19.1. The van der Waals surface area contributed by atoms with Gasteiger partial charge in [-0.15, -0.1) is 0 Å². The van der Waals surface area contributed by atoms with Crippen molar-refractivity contribution in [3.63, 3.8) is 0 Å². The maximum Gasteiger partial charge on any atom is 0.269 e. The fraction of sp³-hybridized carbons (Fsp3) is 0.300. The fourth-order valence-corrected chi connectivity index (χ4v) is 1.33. The summed E-state index contributed by atoms with van der Waals surface area (Å²) in [5.74, 6) is -0.656. The van der Waals surface area contributed by atoms with E-state index in [1.165, 1.54) is 29.2 Å². The van der Waals surface area contributed by atoms with Gasteiger partial charge >= 0.3 is 0 Å². The van der Waals surface area contributed by atoms with Gasteiger partial charge in [-0.3, -0.25) is 14.9 Å². The van der Waals surface area contributed by atoms with E-state index in [1.807, 2.05) is 0 Å². The van der Waals surface area contributed by atoms with Crippen LogP contribution in [-0.4, -0.2) is 24.0 Å². The van der Waals surface area contributed by atoms with E-state index in [9.17, 15) is 19.3 Å². The van der Waals surface area contributed by atoms with Gasteiger partial charge in [-0.25, -0.2) is 4.39 Å². The van der Waals surface area contributed by atoms with Gasteiger partial charge in [-0.1, -0.05) is 0 Å². The molecule has 0 atom stereocenters. The van der Waals surface area contributed by atoms with Gasteiger partial charge in [0.2, 0.25) is 0 Å². The van der Waals surface area contributed by atoms with Crippen LogP contribution in [0.4, 0.5) is 15.8 Å². The van der Waals surface area contributed by atoms with Crippen LogP contribution < -0.4 is 4.90 Å². The minimum atomic E-state index is -1.08. The monoisotopic (exact) mass is 226 g/mol. The lowest BCUT2D eigenvalue weighted by Crippen LogP contribution is -2.31. The van der Waals surface area contributed by atoms with Crippen molar-refractivity contribution in [2.75, 3.05) is 18.1 Å². The molecule has 0 spiro atoms. The van der Waals surface area contributed by atoms with E-state index in [-0.39, 0.29) is 5.69 Å². The highest BCUT2D eigenvalue weighted by Gasteiger charge is 2.14. The second-order valence-electron chi connectivity index (χ2n) is 3.05. The molecule has 0 fully saturated rings. The molecule has 0 N–H and O–H groups in total. The standard InChI is InChI=1S/C10H11FN2O3/c1-2-12(10(14)7-11)8-3-5-9(6-4-8)13(15)16/h3-6H,2,7H2,1H3. The van der Waals surface area contributed by atoms with Crippen LogP contribution in [0.15, 0.2) is 24.3 Å². The average molecular weight is 226 g/mol. The van der Waals surface area contributed by atoms with E-state index in [1.54, 1.807) is 6.92 Å². The summed E-state index contributed by atoms with van der Waals surface area (Å²) in [6, 6.07) is 5.41. The predicted molar refractivity (Wildman–Crippen MR) is 57.1 cm³/mol. The molecule has 86 valence electrons. The van der Waals surface area contributed by atoms with Gasteiger partial charge in [0, 0.05) is 24.4 Å². The highest BCUT2D eigenvalue weighted by Crippen LogP contribution is 2.19. The molecule has 0 saturated heterocycles. The van der Waals surface area contributed by atoms with E-state index >= 15 is 0 Å². The Bertz CT molecular complexity index is 392. The van der Waals surface area contributed by atoms with E-state index in [4.69, 9.17) is 0 Å². The van der Waals surface area contributed by atoms with Crippen LogP contribution in [0, 0.1) is 10.1 Å². The van der Waals surface area contributed by atoms with Gasteiger partial charge in [0.1, 0.15) is 0 Å². The first kappa shape index (κ1) is 12.1. The third-order valence-corrected chi connectivity index (χ3v) is 2.10. The average Bonchev–Trinajstić information content (AvgIpc) is 2.30. The number of alkyl halides is 1. The Morgan fingerprint density at radius 1 is 1.44 bits per heavy atom. The summed E-state index contributed by atoms with van der Waals surface area (Å²) in [4.78, 5) is 22.3. The number of amides is 1. The van der Waals surface area contributed by atoms with Gasteiger partial charge < -0.3 is 4.90 Å². The van der Waals surface area contributed by atoms with Crippen molar-refractivity contribution in [1.29, 1.82) is 0 Å². The van der Waals surface area contributed by atoms with Crippen molar-refractivity contribution in [3.05, 3.63) is 34.4 Å². The Labute approximate surface area is 91.6 Å². The number of rotatable bonds is 4. The molecule has 0 aliphatic rings. The molecule has 0 saturated carbocycles. The van der Waals surface area contributed by atoms with Gasteiger partial charge in [0.05, 0.1) is 4.92 Å². The number of benzene rings is 1. The molecule has 0 radical (unpaired) electrons. The van der Waals surface area contributed by atoms with Crippen LogP contribution in [0.3, 0.4) is 0 Å². The second kappa shape index (κ2) is 5.20. The van der Waals surface area contributed by atoms with Gasteiger partial charge in [-0.2, -0.15) is 0 Å². The molecule has 16 heavy (non-hydrogen) atoms. The minimum absolute atomic E-state index is 0.0625. The summed E-state index contributed by atoms with van der Waals surface area (Å²) in [6.07, 6.45) is 0. The molecular weight excluding hydrogens is 215 g/mol. The number of anilines is 1. The van der Waals surface area contributed by atoms with E-state index in [2.05, 4.69) is 0 Å². The molecule has 1 rings (SSSR count). The number of non-ortho nitro benzene ring substituents is 1. The summed E-state index contributed by atoms with van der Waals surface area (Å²) in [5.41, 5.74) is 0.392. The lowest BCUT2D eigenvalue weighted by atomic mass is 10.2. The first-order valence-corrected chi connectivity index (χ1v) is 4.71. The van der Waals surface area contributed by atoms with E-state index < -0.39 is 17.5 Å². The van der Waals surface area contributed by atoms with Crippen LogP contribution >= 0.6 is 0 Å². The van der Waals surface area contributed by atoms with Gasteiger partial charge in [0.15, 0.2) is 6.67 Å². The van der Waals surface area contributed by atoms with Crippen molar-refractivity contribution in [2.24, 2.45) is 0 Å². The van der Waals surface area contributed by atoms with Crippen molar-refractivity contribution >= 4 is 17.3 Å². The predicted octanol–water partition coefficient (Wildman–Crippen LogP) is 1.92. The third-order valence-electron chi connectivity index (χ3n) is 2.10. The van der Waals surface area contributed by atoms with Crippen LogP contribution in [-0.2, 0) is 4.79 Å². The molecule has 1 aromatic carbocycles. The molecule has 0 unspecified atom stereocenters. The quantitative estimate of drug-likeness (QED) is 0.582. The topological polar surface area (TPSA) is 63.5 Å². The molecule has 0 bridgehead atoms. The first-order valence-electron chi connectivity index (χ1n) is 4.71. The zero-order valence-corrected chi connectivity index (χ0v) is 8.72. The maximum atomic E-state index is 12.2. The van der Waals surface area contributed by atoms with E-state index in [0.29, 0.717) is 12.2 Å². The highest BCUT2D eigenvalue weighted by molar-refractivity contribution is 5.94. The first-order chi connectivity index (χ1) is 7.60. The fourth-order valence-electron chi connectivity index (χ4n) is 1.33. The zero-order valence-electron chi connectivity index (χ0n) is 8.72. The molecule has 1 aromatic rings. The summed E-state index contributed by atoms with van der Waals surface area (Å²) in [7, 11) is 0. The number of nitro groups is 1. The summed E-state index contributed by atoms with van der Waals surface area (Å²) >= 11 is 0. The Kier molecular flexibility index (Phi) is 3.93. The number of carbonyl (C=O) groups excluding carboxylic acids is 1. The van der Waals surface area contributed by atoms with E-state index in [0.717, 1.165) is 0 Å². The Morgan fingerprint density at radius 3 is 2.38 bits per heavy atom. The Morgan fingerprint density at radius 2 is 2.00 bits per heavy atom. The van der Waals surface area contributed by atoms with Crippen molar-refractivity contribution < 1.29 is 14.1 Å². The second-order valence-corrected chi connectivity index (χ2v) is 3.05. The molecule has 0 aromatic heterocycles. The van der Waals surface area contributed by atoms with Crippen molar-refractivity contribution in [3.8, 4) is 0 Å². The number of hydrogen-bond acceptors (Lipinski definition) is 3. The Hall–Kier alpha value is -1.98. The molecule has 0 heterocycles. The maximum absolute atomic E-state index is 12.2. The number of hydrogen-bond donors (Lipinski definition) is 0. The lowest BCUT2D eigenvalue weighted by molar-refractivity contribution is -0.384. The van der Waals surface area contributed by atoms with Crippen LogP contribution in [0.1, 0.15) is 6.92 Å². The van der Waals surface area contributed by atoms with Crippen molar-refractivity contribution in [2.45, 2.75) is 6.92 Å². The smallest absolute Gasteiger partial charge is 0.269 e. The lowest BCUT2D eigenvalue weighted by Gasteiger charge is -2.19. The summed E-state index contributed by atoms with van der Waals surface area (Å²) < 4.78 is 12.2. The van der Waals surface area contributed by atoms with Gasteiger partial charge in [0.25, 0.3) is 11.6 Å². The molecular formula is C10H11FN2O3. The third kappa shape index (κ3) is 2.53.